The molecule has 24 atom stereocenters. The second kappa shape index (κ2) is 40.5. The summed E-state index contributed by atoms with van der Waals surface area (Å²) in [6.07, 6.45) is 47.1. The highest BCUT2D eigenvalue weighted by atomic mass is 127. The monoisotopic (exact) mass is 1550 g/mol. The summed E-state index contributed by atoms with van der Waals surface area (Å²) in [4.78, 5) is 31.5. The van der Waals surface area contributed by atoms with Crippen LogP contribution in [0.2, 0.25) is 0 Å². The van der Waals surface area contributed by atoms with Gasteiger partial charge in [0.2, 0.25) is 18.3 Å². The minimum absolute atomic E-state index is 0. The van der Waals surface area contributed by atoms with Crippen molar-refractivity contribution in [3.05, 3.63) is 325 Å². The molecule has 568 valence electrons. The molecular weight excluding hydrogens is 1420 g/mol. The standard InChI is InChI=1S/2C13H13NO2.3C13H17N.C10H12.C8H7NO2.C5H6.5CH4.HI/c2*15-14(16)13-11-7-6-10(8-11)12(13)9-4-2-1-3-5-9;3*14-13-11-7-6-10(8-11)12(13)9-4-2-1-3-5-9;1-2-9-7-4-5-8(6-7)10(9)3-1;10-9(11)7-6-8-4-2-1-3-5-8;1-2-4-5-3-1;;;;;;/h2*1-7,10-13H,8H2;3*1-5,10-13H,6-8,14H2;1-2,4-5,7-10H,3,6H2;1-7H;1-4H,5H2;5*1H4;1H/p-1/b;;;;;;7-6+;;;;;;;. The number of rotatable bonds is 9. The van der Waals surface area contributed by atoms with Gasteiger partial charge >= 0.3 is 0 Å². The van der Waals surface area contributed by atoms with Gasteiger partial charge in [-0.1, -0.05) is 292 Å². The number of nitrogens with two attached hydrogens (primary N) is 3. The topological polar surface area (TPSA) is 207 Å². The smallest absolute Gasteiger partial charge is 0.235 e. The number of fused-ring (bicyclic) bond motifs is 15. The van der Waals surface area contributed by atoms with E-state index in [9.17, 15) is 30.3 Å². The van der Waals surface area contributed by atoms with E-state index in [0.717, 1.165) is 101 Å². The highest BCUT2D eigenvalue weighted by Gasteiger charge is 2.54. The zero-order valence-electron chi connectivity index (χ0n) is 58.1. The normalized spacial score (nSPS) is 33.7. The third-order valence-electron chi connectivity index (χ3n) is 25.5. The van der Waals surface area contributed by atoms with Gasteiger partial charge in [0.25, 0.3) is 0 Å². The average molecular weight is 1550 g/mol. The molecule has 0 radical (unpaired) electrons. The van der Waals surface area contributed by atoms with Crippen molar-refractivity contribution in [2.75, 3.05) is 0 Å². The van der Waals surface area contributed by atoms with Crippen molar-refractivity contribution in [2.24, 2.45) is 100 Å². The van der Waals surface area contributed by atoms with Crippen molar-refractivity contribution < 1.29 is 38.7 Å². The van der Waals surface area contributed by atoms with E-state index >= 15 is 0 Å². The van der Waals surface area contributed by atoms with Gasteiger partial charge < -0.3 is 41.2 Å². The Morgan fingerprint density at radius 1 is 0.340 bits per heavy atom. The summed E-state index contributed by atoms with van der Waals surface area (Å²) in [6, 6.07) is 61.9. The highest BCUT2D eigenvalue weighted by Crippen LogP contribution is 2.56. The molecular formula is C93H122IN6O6-. The zero-order valence-corrected chi connectivity index (χ0v) is 60.2. The first-order valence-electron chi connectivity index (χ1n) is 37.5. The first-order chi connectivity index (χ1) is 48.9. The summed E-state index contributed by atoms with van der Waals surface area (Å²) in [7, 11) is 0. The van der Waals surface area contributed by atoms with Crippen LogP contribution in [0.4, 0.5) is 0 Å². The van der Waals surface area contributed by atoms with Gasteiger partial charge in [0.15, 0.2) is 0 Å². The number of nitrogens with zero attached hydrogens (tertiary/aromatic N) is 3. The minimum atomic E-state index is -0.479. The van der Waals surface area contributed by atoms with E-state index in [4.69, 9.17) is 17.2 Å². The van der Waals surface area contributed by atoms with E-state index in [1.165, 1.54) is 93.4 Å². The van der Waals surface area contributed by atoms with Crippen molar-refractivity contribution in [1.82, 2.24) is 0 Å². The minimum Gasteiger partial charge on any atom is -1.00 e. The van der Waals surface area contributed by atoms with E-state index in [-0.39, 0.29) is 94.6 Å². The predicted octanol–water partition coefficient (Wildman–Crippen LogP) is 18.8. The summed E-state index contributed by atoms with van der Waals surface area (Å²) in [5.74, 6) is 12.0. The molecule has 0 spiro atoms. The lowest BCUT2D eigenvalue weighted by Gasteiger charge is -2.28. The van der Waals surface area contributed by atoms with Crippen molar-refractivity contribution in [3.63, 3.8) is 0 Å². The van der Waals surface area contributed by atoms with Crippen LogP contribution in [0, 0.1) is 113 Å². The largest absolute Gasteiger partial charge is 1.00 e. The summed E-state index contributed by atoms with van der Waals surface area (Å²) in [5, 5.41) is 32.2. The molecule has 6 aromatic rings. The van der Waals surface area contributed by atoms with E-state index in [1.54, 1.807) is 12.1 Å². The van der Waals surface area contributed by atoms with Gasteiger partial charge in [-0.05, 0) is 194 Å². The van der Waals surface area contributed by atoms with Gasteiger partial charge in [0.05, 0.1) is 16.8 Å². The molecule has 13 heteroatoms. The lowest BCUT2D eigenvalue weighted by Crippen LogP contribution is -3.00. The number of nitro groups is 3. The predicted molar refractivity (Wildman–Crippen MR) is 436 cm³/mol. The van der Waals surface area contributed by atoms with Crippen LogP contribution in [-0.2, 0) is 0 Å². The van der Waals surface area contributed by atoms with Gasteiger partial charge in [0, 0.05) is 63.6 Å². The van der Waals surface area contributed by atoms with E-state index in [0.29, 0.717) is 47.7 Å². The molecule has 0 amide bonds. The Bertz CT molecular complexity index is 3610. The van der Waals surface area contributed by atoms with Crippen LogP contribution in [0.3, 0.4) is 0 Å². The molecule has 9 fully saturated rings. The van der Waals surface area contributed by atoms with Crippen LogP contribution in [0.5, 0.6) is 0 Å². The summed E-state index contributed by atoms with van der Waals surface area (Å²) >= 11 is 0. The zero-order chi connectivity index (χ0) is 69.1. The second-order valence-corrected chi connectivity index (χ2v) is 30.8. The van der Waals surface area contributed by atoms with Crippen molar-refractivity contribution in [2.45, 2.75) is 187 Å². The van der Waals surface area contributed by atoms with Crippen molar-refractivity contribution in [1.29, 1.82) is 0 Å². The molecule has 12 bridgehead atoms. The average Bonchev–Trinajstić information content (AvgIpc) is 1.68. The van der Waals surface area contributed by atoms with Gasteiger partial charge in [-0.2, -0.15) is 0 Å². The molecule has 0 heterocycles. The van der Waals surface area contributed by atoms with Crippen LogP contribution in [0.1, 0.15) is 190 Å². The molecule has 0 aliphatic heterocycles. The highest BCUT2D eigenvalue weighted by molar-refractivity contribution is 5.47. The molecule has 12 nitrogen and oxygen atoms in total. The molecule has 0 aromatic heterocycles. The SMILES string of the molecule is C.C.C.C.C.C1=CC2C3C=CC(C3)C2C1.C1=CCC=C1.NC1C2CCC(C2)C1c1ccccc1.NC1C2CCC(C2)C1c1ccccc1.NC1C2CCC(C2)C1c1ccccc1.O=[N+]([O-])/C=C/c1ccccc1.O=[N+]([O-])C1C2C=CC(C2)C1c1ccccc1.O=[N+]([O-])C1C2C=CC(C2)C1c1ccccc1.[I-]. The fourth-order valence-corrected chi connectivity index (χ4v) is 21.0. The Labute approximate surface area is 652 Å². The number of hydrogen-bond acceptors (Lipinski definition) is 9. The molecule has 0 saturated heterocycles. The molecule has 6 aromatic carbocycles. The van der Waals surface area contributed by atoms with E-state index in [1.807, 2.05) is 91.0 Å². The third-order valence-corrected chi connectivity index (χ3v) is 25.5. The van der Waals surface area contributed by atoms with E-state index < -0.39 is 17.0 Å². The van der Waals surface area contributed by atoms with Gasteiger partial charge in [-0.25, -0.2) is 0 Å². The van der Waals surface area contributed by atoms with Gasteiger partial charge in [0.1, 0.15) is 0 Å². The fourth-order valence-electron chi connectivity index (χ4n) is 21.0. The lowest BCUT2D eigenvalue weighted by atomic mass is 9.80. The quantitative estimate of drug-likeness (QED) is 0.0544. The van der Waals surface area contributed by atoms with Gasteiger partial charge in [-0.3, -0.25) is 30.3 Å². The second-order valence-electron chi connectivity index (χ2n) is 30.8. The number of hydrogen-bond donors (Lipinski definition) is 3. The van der Waals surface area contributed by atoms with Crippen LogP contribution in [-0.4, -0.2) is 45.0 Å². The first kappa shape index (κ1) is 85.6. The fraction of sp³-hybridized carbons (Fsp3) is 0.462. The summed E-state index contributed by atoms with van der Waals surface area (Å²) < 4.78 is 0. The molecule has 9 saturated carbocycles. The molecule has 106 heavy (non-hydrogen) atoms. The van der Waals surface area contributed by atoms with Crippen LogP contribution in [0.25, 0.3) is 6.08 Å². The van der Waals surface area contributed by atoms with Gasteiger partial charge in [-0.15, -0.1) is 0 Å². The number of halogens is 1. The Balaban J connectivity index is 0.000000170. The molecule has 14 aliphatic rings. The summed E-state index contributed by atoms with van der Waals surface area (Å²) in [6.45, 7) is 0. The molecule has 24 unspecified atom stereocenters. The summed E-state index contributed by atoms with van der Waals surface area (Å²) in [5.41, 5.74) is 26.3. The van der Waals surface area contributed by atoms with Crippen LogP contribution < -0.4 is 41.2 Å². The maximum absolute atomic E-state index is 11.1. The number of allylic oxidation sites excluding steroid dienone is 10. The molecule has 6 N–H and O–H groups in total. The Kier molecular flexibility index (Phi) is 32.7. The molecule has 14 aliphatic carbocycles. The Morgan fingerprint density at radius 2 is 0.642 bits per heavy atom. The first-order valence-corrected chi connectivity index (χ1v) is 37.5. The van der Waals surface area contributed by atoms with E-state index in [2.05, 4.69) is 152 Å². The maximum Gasteiger partial charge on any atom is 0.235 e. The van der Waals surface area contributed by atoms with Crippen LogP contribution in [0.15, 0.2) is 261 Å². The third kappa shape index (κ3) is 19.8. The molecule has 20 rings (SSSR count). The maximum atomic E-state index is 11.1. The van der Waals surface area contributed by atoms with Crippen LogP contribution >= 0.6 is 0 Å². The van der Waals surface area contributed by atoms with Crippen molar-refractivity contribution >= 4 is 6.08 Å². The number of benzene rings is 6. The Morgan fingerprint density at radius 3 is 0.943 bits per heavy atom. The lowest BCUT2D eigenvalue weighted by molar-refractivity contribution is -0.530. The Hall–Kier alpha value is -7.69. The van der Waals surface area contributed by atoms with Crippen molar-refractivity contribution in [3.8, 4) is 0 Å².